The number of nitro benzene ring substituents is 1. The maximum Gasteiger partial charge on any atom is 0.295 e. The van der Waals surface area contributed by atoms with E-state index in [4.69, 9.17) is 0 Å². The van der Waals surface area contributed by atoms with Crippen LogP contribution in [0.3, 0.4) is 0 Å². The van der Waals surface area contributed by atoms with Crippen molar-refractivity contribution in [2.24, 2.45) is 11.8 Å². The van der Waals surface area contributed by atoms with Crippen LogP contribution in [0, 0.1) is 34.7 Å². The first-order valence-electron chi connectivity index (χ1n) is 6.91. The number of hydrogen-bond donors (Lipinski definition) is 1. The van der Waals surface area contributed by atoms with Crippen LogP contribution in [-0.2, 0) is 0 Å². The Bertz CT molecular complexity index is 564. The highest BCUT2D eigenvalue weighted by Crippen LogP contribution is 2.40. The molecule has 5 nitrogen and oxygen atoms in total. The topological polar surface area (TPSA) is 58.4 Å². The Labute approximate surface area is 116 Å². The van der Waals surface area contributed by atoms with E-state index in [1.165, 1.54) is 0 Å². The fraction of sp³-hybridized carbons (Fsp3) is 0.571. The maximum atomic E-state index is 13.6. The molecule has 2 heterocycles. The van der Waals surface area contributed by atoms with Crippen molar-refractivity contribution in [2.45, 2.75) is 19.9 Å². The van der Waals surface area contributed by atoms with Gasteiger partial charge in [-0.15, -0.1) is 0 Å². The summed E-state index contributed by atoms with van der Waals surface area (Å²) in [6, 6.07) is 2.89. The summed E-state index contributed by atoms with van der Waals surface area (Å²) in [6.07, 6.45) is 0. The van der Waals surface area contributed by atoms with Crippen LogP contribution >= 0.6 is 0 Å². The molecule has 1 N–H and O–H groups in total. The molecule has 108 valence electrons. The average Bonchev–Trinajstić information content (AvgIpc) is 2.96. The quantitative estimate of drug-likeness (QED) is 0.665. The zero-order valence-electron chi connectivity index (χ0n) is 11.6. The number of nitrogens with one attached hydrogen (secondary N) is 1. The number of rotatable bonds is 2. The molecule has 0 spiro atoms. The number of nitro groups is 1. The second-order valence-corrected chi connectivity index (χ2v) is 5.82. The molecule has 2 aliphatic heterocycles. The van der Waals surface area contributed by atoms with Gasteiger partial charge in [-0.1, -0.05) is 0 Å². The summed E-state index contributed by atoms with van der Waals surface area (Å²) in [5.74, 6) is 0.518. The van der Waals surface area contributed by atoms with Crippen molar-refractivity contribution in [3.05, 3.63) is 33.6 Å². The van der Waals surface area contributed by atoms with Crippen LogP contribution in [0.25, 0.3) is 0 Å². The Morgan fingerprint density at radius 2 is 2.20 bits per heavy atom. The highest BCUT2D eigenvalue weighted by Gasteiger charge is 2.43. The fourth-order valence-electron chi connectivity index (χ4n) is 3.52. The van der Waals surface area contributed by atoms with Gasteiger partial charge in [-0.25, -0.2) is 4.39 Å². The Kier molecular flexibility index (Phi) is 3.12. The van der Waals surface area contributed by atoms with E-state index in [0.29, 0.717) is 23.1 Å². The third kappa shape index (κ3) is 1.95. The Hall–Kier alpha value is -1.69. The molecule has 0 aliphatic carbocycles. The van der Waals surface area contributed by atoms with Crippen molar-refractivity contribution in [3.63, 3.8) is 0 Å². The van der Waals surface area contributed by atoms with E-state index in [1.807, 2.05) is 0 Å². The lowest BCUT2D eigenvalue weighted by molar-refractivity contribution is -0.384. The second kappa shape index (κ2) is 4.70. The summed E-state index contributed by atoms with van der Waals surface area (Å²) in [7, 11) is 0. The lowest BCUT2D eigenvalue weighted by Gasteiger charge is -2.26. The molecule has 0 amide bonds. The molecule has 3 atom stereocenters. The van der Waals surface area contributed by atoms with E-state index < -0.39 is 10.7 Å². The normalized spacial score (nSPS) is 28.8. The zero-order valence-corrected chi connectivity index (χ0v) is 11.6. The third-order valence-corrected chi connectivity index (χ3v) is 4.70. The highest BCUT2D eigenvalue weighted by molar-refractivity contribution is 5.66. The molecule has 0 saturated carbocycles. The predicted octanol–water partition coefficient (Wildman–Crippen LogP) is 2.09. The van der Waals surface area contributed by atoms with Crippen LogP contribution in [0.1, 0.15) is 12.5 Å². The summed E-state index contributed by atoms with van der Waals surface area (Å²) in [6.45, 7) is 6.45. The zero-order chi connectivity index (χ0) is 14.4. The number of anilines is 1. The standard InChI is InChI=1S/C14H18FN3O2/c1-8-3-13(14(18(19)20)4-12(8)15)17-7-10-5-16-6-11(10)9(17)2/h3-4,9-11,16H,5-7H2,1-2H3. The van der Waals surface area contributed by atoms with Gasteiger partial charge in [0.15, 0.2) is 0 Å². The lowest BCUT2D eigenvalue weighted by atomic mass is 9.95. The molecule has 2 aliphatic rings. The van der Waals surface area contributed by atoms with Crippen molar-refractivity contribution in [2.75, 3.05) is 24.5 Å². The van der Waals surface area contributed by atoms with Gasteiger partial charge in [-0.3, -0.25) is 10.1 Å². The van der Waals surface area contributed by atoms with Gasteiger partial charge < -0.3 is 10.2 Å². The molecule has 20 heavy (non-hydrogen) atoms. The van der Waals surface area contributed by atoms with E-state index in [1.54, 1.807) is 13.0 Å². The number of benzene rings is 1. The summed E-state index contributed by atoms with van der Waals surface area (Å²) in [4.78, 5) is 12.8. The van der Waals surface area contributed by atoms with Gasteiger partial charge in [0.2, 0.25) is 0 Å². The van der Waals surface area contributed by atoms with E-state index in [2.05, 4.69) is 17.1 Å². The SMILES string of the molecule is Cc1cc(N2CC3CNCC3C2C)c([N+](=O)[O-])cc1F. The van der Waals surface area contributed by atoms with Gasteiger partial charge in [0, 0.05) is 25.7 Å². The van der Waals surface area contributed by atoms with Gasteiger partial charge in [0.05, 0.1) is 11.0 Å². The Morgan fingerprint density at radius 3 is 2.85 bits per heavy atom. The van der Waals surface area contributed by atoms with Gasteiger partial charge in [0.25, 0.3) is 5.69 Å². The highest BCUT2D eigenvalue weighted by atomic mass is 19.1. The molecule has 2 fully saturated rings. The van der Waals surface area contributed by atoms with Crippen molar-refractivity contribution >= 4 is 11.4 Å². The molecule has 1 aromatic rings. The molecule has 6 heteroatoms. The number of nitrogens with zero attached hydrogens (tertiary/aromatic N) is 2. The van der Waals surface area contributed by atoms with E-state index in [9.17, 15) is 14.5 Å². The van der Waals surface area contributed by atoms with Crippen molar-refractivity contribution in [1.82, 2.24) is 5.32 Å². The van der Waals surface area contributed by atoms with Crippen molar-refractivity contribution in [1.29, 1.82) is 0 Å². The number of fused-ring (bicyclic) bond motifs is 1. The van der Waals surface area contributed by atoms with Gasteiger partial charge in [-0.2, -0.15) is 0 Å². The maximum absolute atomic E-state index is 13.6. The van der Waals surface area contributed by atoms with E-state index in [-0.39, 0.29) is 11.7 Å². The van der Waals surface area contributed by atoms with Crippen LogP contribution < -0.4 is 10.2 Å². The number of hydrogen-bond acceptors (Lipinski definition) is 4. The third-order valence-electron chi connectivity index (χ3n) is 4.70. The van der Waals surface area contributed by atoms with Crippen molar-refractivity contribution < 1.29 is 9.31 Å². The first-order valence-corrected chi connectivity index (χ1v) is 6.91. The van der Waals surface area contributed by atoms with Crippen molar-refractivity contribution in [3.8, 4) is 0 Å². The molecule has 3 unspecified atom stereocenters. The Balaban J connectivity index is 2.02. The molecule has 1 aromatic carbocycles. The lowest BCUT2D eigenvalue weighted by Crippen LogP contribution is -2.33. The number of halogens is 1. The van der Waals surface area contributed by atoms with Crippen LogP contribution in [0.15, 0.2) is 12.1 Å². The molecule has 0 radical (unpaired) electrons. The second-order valence-electron chi connectivity index (χ2n) is 5.82. The average molecular weight is 279 g/mol. The largest absolute Gasteiger partial charge is 0.363 e. The summed E-state index contributed by atoms with van der Waals surface area (Å²) in [5, 5.41) is 14.6. The van der Waals surface area contributed by atoms with E-state index in [0.717, 1.165) is 25.7 Å². The Morgan fingerprint density at radius 1 is 1.45 bits per heavy atom. The minimum Gasteiger partial charge on any atom is -0.363 e. The van der Waals surface area contributed by atoms with Crippen LogP contribution in [-0.4, -0.2) is 30.6 Å². The predicted molar refractivity (Wildman–Crippen MR) is 74.4 cm³/mol. The molecular weight excluding hydrogens is 261 g/mol. The van der Waals surface area contributed by atoms with Gasteiger partial charge >= 0.3 is 0 Å². The van der Waals surface area contributed by atoms with E-state index >= 15 is 0 Å². The molecular formula is C14H18FN3O2. The minimum absolute atomic E-state index is 0.132. The molecule has 2 saturated heterocycles. The molecule has 0 bridgehead atoms. The van der Waals surface area contributed by atoms with Crippen LogP contribution in [0.4, 0.5) is 15.8 Å². The fourth-order valence-corrected chi connectivity index (χ4v) is 3.52. The smallest absolute Gasteiger partial charge is 0.295 e. The molecule has 3 rings (SSSR count). The summed E-state index contributed by atoms with van der Waals surface area (Å²) >= 11 is 0. The van der Waals surface area contributed by atoms with Gasteiger partial charge in [-0.05, 0) is 37.3 Å². The minimum atomic E-state index is -0.519. The number of aryl methyl sites for hydroxylation is 1. The monoisotopic (exact) mass is 279 g/mol. The molecule has 0 aromatic heterocycles. The summed E-state index contributed by atoms with van der Waals surface area (Å²) < 4.78 is 13.6. The first-order chi connectivity index (χ1) is 9.49. The first kappa shape index (κ1) is 13.3. The van der Waals surface area contributed by atoms with Gasteiger partial charge in [0.1, 0.15) is 11.5 Å². The van der Waals surface area contributed by atoms with Crippen LogP contribution in [0.5, 0.6) is 0 Å². The van der Waals surface area contributed by atoms with Crippen LogP contribution in [0.2, 0.25) is 0 Å². The summed E-state index contributed by atoms with van der Waals surface area (Å²) in [5.41, 5.74) is 0.872.